The minimum Gasteiger partial charge on any atom is -0.444 e. The molecule has 0 aromatic heterocycles. The van der Waals surface area contributed by atoms with Crippen LogP contribution < -0.4 is 4.90 Å². The van der Waals surface area contributed by atoms with Gasteiger partial charge >= 0.3 is 6.09 Å². The highest BCUT2D eigenvalue weighted by atomic mass is 79.9. The first-order valence-corrected chi connectivity index (χ1v) is 7.14. The summed E-state index contributed by atoms with van der Waals surface area (Å²) in [6, 6.07) is 14.8. The van der Waals surface area contributed by atoms with E-state index in [1.807, 2.05) is 36.4 Å². The van der Waals surface area contributed by atoms with Gasteiger partial charge in [-0.25, -0.2) is 4.79 Å². The number of carbonyl (C=O) groups is 1. The molecule has 0 heterocycles. The third-order valence-corrected chi connectivity index (χ3v) is 3.55. The molecule has 0 aliphatic rings. The molecule has 0 spiro atoms. The van der Waals surface area contributed by atoms with E-state index < -0.39 is 6.09 Å². The zero-order valence-corrected chi connectivity index (χ0v) is 13.2. The van der Waals surface area contributed by atoms with Crippen LogP contribution in [0.5, 0.6) is 0 Å². The number of rotatable bonds is 3. The molecule has 104 valence electrons. The van der Waals surface area contributed by atoms with Gasteiger partial charge in [0.05, 0.1) is 10.7 Å². The molecule has 0 unspecified atom stereocenters. The minimum atomic E-state index is -0.446. The monoisotopic (exact) mass is 353 g/mol. The van der Waals surface area contributed by atoms with E-state index in [9.17, 15) is 4.79 Å². The van der Waals surface area contributed by atoms with Gasteiger partial charge in [-0.2, -0.15) is 0 Å². The van der Waals surface area contributed by atoms with Crippen molar-refractivity contribution >= 4 is 39.3 Å². The molecule has 0 atom stereocenters. The van der Waals surface area contributed by atoms with Crippen LogP contribution in [0.1, 0.15) is 5.56 Å². The number of hydrogen-bond acceptors (Lipinski definition) is 2. The summed E-state index contributed by atoms with van der Waals surface area (Å²) in [5.74, 6) is 0. The van der Waals surface area contributed by atoms with Crippen LogP contribution in [-0.2, 0) is 11.3 Å². The molecule has 0 radical (unpaired) electrons. The maximum absolute atomic E-state index is 12.0. The largest absolute Gasteiger partial charge is 0.444 e. The number of ether oxygens (including phenoxy) is 1. The van der Waals surface area contributed by atoms with E-state index in [1.165, 1.54) is 4.90 Å². The van der Waals surface area contributed by atoms with Gasteiger partial charge in [0.2, 0.25) is 0 Å². The van der Waals surface area contributed by atoms with Crippen molar-refractivity contribution in [1.82, 2.24) is 0 Å². The molecule has 20 heavy (non-hydrogen) atoms. The van der Waals surface area contributed by atoms with Crippen LogP contribution in [0.25, 0.3) is 0 Å². The summed E-state index contributed by atoms with van der Waals surface area (Å²) < 4.78 is 6.10. The van der Waals surface area contributed by atoms with E-state index in [1.54, 1.807) is 19.2 Å². The number of halogens is 2. The van der Waals surface area contributed by atoms with Gasteiger partial charge in [0.25, 0.3) is 0 Å². The van der Waals surface area contributed by atoms with Crippen LogP contribution >= 0.6 is 27.5 Å². The Morgan fingerprint density at radius 3 is 2.60 bits per heavy atom. The molecular formula is C15H13BrClNO2. The summed E-state index contributed by atoms with van der Waals surface area (Å²) in [5, 5.41) is 0.485. The zero-order valence-electron chi connectivity index (χ0n) is 10.8. The Morgan fingerprint density at radius 2 is 1.95 bits per heavy atom. The number of carbonyl (C=O) groups excluding carboxylic acids is 1. The Labute approximate surface area is 131 Å². The summed E-state index contributed by atoms with van der Waals surface area (Å²) >= 11 is 9.43. The van der Waals surface area contributed by atoms with Crippen LogP contribution in [0, 0.1) is 0 Å². The topological polar surface area (TPSA) is 29.5 Å². The molecule has 2 aromatic rings. The first-order chi connectivity index (χ1) is 9.58. The fourth-order valence-corrected chi connectivity index (χ4v) is 2.47. The molecule has 5 heteroatoms. The van der Waals surface area contributed by atoms with E-state index in [0.29, 0.717) is 10.7 Å². The Hall–Kier alpha value is -1.52. The molecule has 2 aromatic carbocycles. The standard InChI is InChI=1S/C15H13BrClNO2/c1-18(14-8-7-12(16)9-13(14)17)15(19)20-10-11-5-3-2-4-6-11/h2-9H,10H2,1H3. The molecular weight excluding hydrogens is 342 g/mol. The molecule has 0 bridgehead atoms. The highest BCUT2D eigenvalue weighted by molar-refractivity contribution is 9.10. The van der Waals surface area contributed by atoms with Crippen LogP contribution in [0.2, 0.25) is 5.02 Å². The number of hydrogen-bond donors (Lipinski definition) is 0. The highest BCUT2D eigenvalue weighted by Gasteiger charge is 2.15. The first kappa shape index (κ1) is 14.9. The van der Waals surface area contributed by atoms with Crippen molar-refractivity contribution in [2.75, 3.05) is 11.9 Å². The van der Waals surface area contributed by atoms with Gasteiger partial charge in [-0.3, -0.25) is 4.90 Å². The minimum absolute atomic E-state index is 0.234. The second-order valence-electron chi connectivity index (χ2n) is 4.19. The lowest BCUT2D eigenvalue weighted by atomic mass is 10.2. The smallest absolute Gasteiger partial charge is 0.414 e. The highest BCUT2D eigenvalue weighted by Crippen LogP contribution is 2.28. The zero-order chi connectivity index (χ0) is 14.5. The Kier molecular flexibility index (Phi) is 5.04. The van der Waals surface area contributed by atoms with Crippen molar-refractivity contribution in [3.63, 3.8) is 0 Å². The average Bonchev–Trinajstić information content (AvgIpc) is 2.45. The molecule has 2 rings (SSSR count). The number of nitrogens with zero attached hydrogens (tertiary/aromatic N) is 1. The van der Waals surface area contributed by atoms with Gasteiger partial charge < -0.3 is 4.74 Å². The Morgan fingerprint density at radius 1 is 1.25 bits per heavy atom. The lowest BCUT2D eigenvalue weighted by Gasteiger charge is -2.18. The summed E-state index contributed by atoms with van der Waals surface area (Å²) in [6.45, 7) is 0.234. The van der Waals surface area contributed by atoms with Gasteiger partial charge in [-0.05, 0) is 23.8 Å². The summed E-state index contributed by atoms with van der Waals surface area (Å²) in [5.41, 5.74) is 1.55. The van der Waals surface area contributed by atoms with Crippen LogP contribution in [-0.4, -0.2) is 13.1 Å². The van der Waals surface area contributed by atoms with Crippen LogP contribution in [0.3, 0.4) is 0 Å². The molecule has 0 saturated carbocycles. The molecule has 3 nitrogen and oxygen atoms in total. The van der Waals surface area contributed by atoms with Gasteiger partial charge in [0.15, 0.2) is 0 Å². The van der Waals surface area contributed by atoms with Gasteiger partial charge in [0.1, 0.15) is 6.61 Å². The Bertz CT molecular complexity index is 604. The third-order valence-electron chi connectivity index (χ3n) is 2.75. The number of benzene rings is 2. The molecule has 0 saturated heterocycles. The van der Waals surface area contributed by atoms with Crippen molar-refractivity contribution in [1.29, 1.82) is 0 Å². The fourth-order valence-electron chi connectivity index (χ4n) is 1.67. The first-order valence-electron chi connectivity index (χ1n) is 5.97. The lowest BCUT2D eigenvalue weighted by Crippen LogP contribution is -2.27. The normalized spacial score (nSPS) is 10.2. The summed E-state index contributed by atoms with van der Waals surface area (Å²) in [6.07, 6.45) is -0.446. The van der Waals surface area contributed by atoms with Gasteiger partial charge in [-0.1, -0.05) is 57.9 Å². The molecule has 0 aliphatic heterocycles. The van der Waals surface area contributed by atoms with Crippen molar-refractivity contribution in [3.05, 3.63) is 63.6 Å². The quantitative estimate of drug-likeness (QED) is 0.786. The summed E-state index contributed by atoms with van der Waals surface area (Å²) in [7, 11) is 1.63. The maximum Gasteiger partial charge on any atom is 0.414 e. The second-order valence-corrected chi connectivity index (χ2v) is 5.52. The van der Waals surface area contributed by atoms with Crippen molar-refractivity contribution in [2.24, 2.45) is 0 Å². The number of anilines is 1. The van der Waals surface area contributed by atoms with E-state index in [0.717, 1.165) is 10.0 Å². The van der Waals surface area contributed by atoms with E-state index in [-0.39, 0.29) is 6.61 Å². The second kappa shape index (κ2) is 6.77. The third kappa shape index (κ3) is 3.74. The van der Waals surface area contributed by atoms with Crippen LogP contribution in [0.4, 0.5) is 10.5 Å². The van der Waals surface area contributed by atoms with E-state index >= 15 is 0 Å². The SMILES string of the molecule is CN(C(=O)OCc1ccccc1)c1ccc(Br)cc1Cl. The predicted molar refractivity (Wildman–Crippen MR) is 84.2 cm³/mol. The van der Waals surface area contributed by atoms with E-state index in [4.69, 9.17) is 16.3 Å². The molecule has 0 aliphatic carbocycles. The van der Waals surface area contributed by atoms with Crippen molar-refractivity contribution < 1.29 is 9.53 Å². The van der Waals surface area contributed by atoms with E-state index in [2.05, 4.69) is 15.9 Å². The average molecular weight is 355 g/mol. The lowest BCUT2D eigenvalue weighted by molar-refractivity contribution is 0.148. The van der Waals surface area contributed by atoms with Crippen molar-refractivity contribution in [3.8, 4) is 0 Å². The molecule has 0 N–H and O–H groups in total. The molecule has 0 fully saturated rings. The Balaban J connectivity index is 2.01. The predicted octanol–water partition coefficient (Wildman–Crippen LogP) is 4.88. The fraction of sp³-hybridized carbons (Fsp3) is 0.133. The number of amides is 1. The van der Waals surface area contributed by atoms with Gasteiger partial charge in [0, 0.05) is 11.5 Å². The van der Waals surface area contributed by atoms with Crippen molar-refractivity contribution in [2.45, 2.75) is 6.61 Å². The van der Waals surface area contributed by atoms with Crippen LogP contribution in [0.15, 0.2) is 53.0 Å². The maximum atomic E-state index is 12.0. The summed E-state index contributed by atoms with van der Waals surface area (Å²) in [4.78, 5) is 13.4. The van der Waals surface area contributed by atoms with Gasteiger partial charge in [-0.15, -0.1) is 0 Å². The molecule has 1 amide bonds.